The quantitative estimate of drug-likeness (QED) is 0.748. The van der Waals surface area contributed by atoms with Gasteiger partial charge in [0.1, 0.15) is 5.82 Å². The first-order valence-electron chi connectivity index (χ1n) is 5.89. The Morgan fingerprint density at radius 1 is 1.40 bits per heavy atom. The van der Waals surface area contributed by atoms with E-state index in [1.54, 1.807) is 0 Å². The number of hydrogen-bond donors (Lipinski definition) is 0. The van der Waals surface area contributed by atoms with Crippen LogP contribution in [0.1, 0.15) is 44.9 Å². The van der Waals surface area contributed by atoms with Crippen molar-refractivity contribution in [2.24, 2.45) is 5.92 Å². The predicted octanol–water partition coefficient (Wildman–Crippen LogP) is 3.07. The van der Waals surface area contributed by atoms with Gasteiger partial charge in [-0.05, 0) is 36.8 Å². The van der Waals surface area contributed by atoms with Gasteiger partial charge in [-0.3, -0.25) is 0 Å². The van der Waals surface area contributed by atoms with Crippen LogP contribution in [-0.4, -0.2) is 14.8 Å². The van der Waals surface area contributed by atoms with Crippen LogP contribution < -0.4 is 0 Å². The lowest BCUT2D eigenvalue weighted by molar-refractivity contribution is 0.557. The van der Waals surface area contributed by atoms with E-state index in [1.807, 2.05) is 0 Å². The van der Waals surface area contributed by atoms with Crippen LogP contribution >= 0.6 is 11.6 Å². The van der Waals surface area contributed by atoms with Gasteiger partial charge >= 0.3 is 0 Å². The Morgan fingerprint density at radius 2 is 2.20 bits per heavy atom. The summed E-state index contributed by atoms with van der Waals surface area (Å²) in [6.07, 6.45) is 7.47. The van der Waals surface area contributed by atoms with Crippen molar-refractivity contribution in [1.82, 2.24) is 14.8 Å². The standard InChI is InChI=1S/C11H18ClN3/c1-2-4-10-13-14-11(12)15(10)8-3-5-9-6-7-9/h9H,2-8H2,1H3. The highest BCUT2D eigenvalue weighted by atomic mass is 35.5. The van der Waals surface area contributed by atoms with E-state index in [-0.39, 0.29) is 0 Å². The van der Waals surface area contributed by atoms with E-state index in [0.717, 1.165) is 31.1 Å². The molecule has 1 saturated carbocycles. The van der Waals surface area contributed by atoms with Crippen molar-refractivity contribution in [3.63, 3.8) is 0 Å². The number of rotatable bonds is 6. The summed E-state index contributed by atoms with van der Waals surface area (Å²) in [6, 6.07) is 0. The summed E-state index contributed by atoms with van der Waals surface area (Å²) in [7, 11) is 0. The van der Waals surface area contributed by atoms with Gasteiger partial charge in [-0.15, -0.1) is 10.2 Å². The lowest BCUT2D eigenvalue weighted by Crippen LogP contribution is -2.04. The van der Waals surface area contributed by atoms with Gasteiger partial charge < -0.3 is 4.57 Å². The van der Waals surface area contributed by atoms with Crippen molar-refractivity contribution >= 4 is 11.6 Å². The molecule has 0 aliphatic heterocycles. The molecule has 0 atom stereocenters. The van der Waals surface area contributed by atoms with Crippen LogP contribution in [0.15, 0.2) is 0 Å². The number of aromatic nitrogens is 3. The molecule has 0 bridgehead atoms. The van der Waals surface area contributed by atoms with E-state index in [4.69, 9.17) is 11.6 Å². The minimum absolute atomic E-state index is 0.550. The van der Waals surface area contributed by atoms with Crippen LogP contribution in [0.25, 0.3) is 0 Å². The average Bonchev–Trinajstić information content (AvgIpc) is 2.97. The average molecular weight is 228 g/mol. The Bertz CT molecular complexity index is 318. The number of aryl methyl sites for hydroxylation is 1. The highest BCUT2D eigenvalue weighted by Crippen LogP contribution is 2.33. The maximum atomic E-state index is 6.00. The van der Waals surface area contributed by atoms with Gasteiger partial charge in [0.05, 0.1) is 0 Å². The minimum atomic E-state index is 0.550. The largest absolute Gasteiger partial charge is 0.302 e. The molecule has 1 aromatic heterocycles. The molecule has 0 radical (unpaired) electrons. The Balaban J connectivity index is 1.88. The second-order valence-corrected chi connectivity index (χ2v) is 4.71. The Hall–Kier alpha value is -0.570. The molecule has 15 heavy (non-hydrogen) atoms. The normalized spacial score (nSPS) is 15.9. The summed E-state index contributed by atoms with van der Waals surface area (Å²) in [5.74, 6) is 2.04. The van der Waals surface area contributed by atoms with Gasteiger partial charge in [0.2, 0.25) is 5.28 Å². The lowest BCUT2D eigenvalue weighted by Gasteiger charge is -2.06. The van der Waals surface area contributed by atoms with E-state index in [0.29, 0.717) is 5.28 Å². The molecule has 1 aliphatic rings. The zero-order valence-electron chi connectivity index (χ0n) is 9.25. The van der Waals surface area contributed by atoms with Crippen LogP contribution in [0.3, 0.4) is 0 Å². The summed E-state index contributed by atoms with van der Waals surface area (Å²) in [5.41, 5.74) is 0. The molecule has 1 aromatic rings. The number of halogens is 1. The zero-order valence-corrected chi connectivity index (χ0v) is 10.0. The first kappa shape index (κ1) is 10.9. The maximum Gasteiger partial charge on any atom is 0.225 e. The summed E-state index contributed by atoms with van der Waals surface area (Å²) in [4.78, 5) is 0. The van der Waals surface area contributed by atoms with Gasteiger partial charge in [-0.2, -0.15) is 0 Å². The SMILES string of the molecule is CCCc1nnc(Cl)n1CCCC1CC1. The summed E-state index contributed by atoms with van der Waals surface area (Å²) < 4.78 is 2.06. The van der Waals surface area contributed by atoms with Gasteiger partial charge in [0.25, 0.3) is 0 Å². The van der Waals surface area contributed by atoms with Gasteiger partial charge in [0, 0.05) is 13.0 Å². The summed E-state index contributed by atoms with van der Waals surface area (Å²) in [6.45, 7) is 3.13. The fourth-order valence-electron chi connectivity index (χ4n) is 1.89. The molecule has 3 nitrogen and oxygen atoms in total. The molecule has 4 heteroatoms. The fourth-order valence-corrected chi connectivity index (χ4v) is 2.11. The third-order valence-corrected chi connectivity index (χ3v) is 3.23. The molecule has 84 valence electrons. The Labute approximate surface area is 95.8 Å². The van der Waals surface area contributed by atoms with Crippen LogP contribution in [-0.2, 0) is 13.0 Å². The first-order chi connectivity index (χ1) is 7.31. The van der Waals surface area contributed by atoms with Gasteiger partial charge in [0.15, 0.2) is 0 Å². The van der Waals surface area contributed by atoms with Crippen molar-refractivity contribution < 1.29 is 0 Å². The van der Waals surface area contributed by atoms with E-state index in [9.17, 15) is 0 Å². The van der Waals surface area contributed by atoms with Crippen LogP contribution in [0.5, 0.6) is 0 Å². The molecule has 0 aromatic carbocycles. The lowest BCUT2D eigenvalue weighted by atomic mass is 10.2. The molecule has 0 unspecified atom stereocenters. The molecular formula is C11H18ClN3. The molecule has 0 saturated heterocycles. The van der Waals surface area contributed by atoms with Crippen LogP contribution in [0.4, 0.5) is 0 Å². The van der Waals surface area contributed by atoms with Crippen LogP contribution in [0.2, 0.25) is 5.28 Å². The Morgan fingerprint density at radius 3 is 2.87 bits per heavy atom. The third kappa shape index (κ3) is 2.94. The highest BCUT2D eigenvalue weighted by Gasteiger charge is 2.20. The molecule has 1 fully saturated rings. The molecular weight excluding hydrogens is 210 g/mol. The van der Waals surface area contributed by atoms with Gasteiger partial charge in [-0.25, -0.2) is 0 Å². The smallest absolute Gasteiger partial charge is 0.225 e. The monoisotopic (exact) mass is 227 g/mol. The fraction of sp³-hybridized carbons (Fsp3) is 0.818. The molecule has 2 rings (SSSR count). The molecule has 0 N–H and O–H groups in total. The van der Waals surface area contributed by atoms with Crippen LogP contribution in [0, 0.1) is 5.92 Å². The number of nitrogens with zero attached hydrogens (tertiary/aromatic N) is 3. The summed E-state index contributed by atoms with van der Waals surface area (Å²) in [5, 5.41) is 8.58. The number of hydrogen-bond acceptors (Lipinski definition) is 2. The van der Waals surface area contributed by atoms with Crippen molar-refractivity contribution in [3.8, 4) is 0 Å². The van der Waals surface area contributed by atoms with Gasteiger partial charge in [-0.1, -0.05) is 19.8 Å². The van der Waals surface area contributed by atoms with Crippen molar-refractivity contribution in [3.05, 3.63) is 11.1 Å². The highest BCUT2D eigenvalue weighted by molar-refractivity contribution is 6.28. The van der Waals surface area contributed by atoms with E-state index in [2.05, 4.69) is 21.7 Å². The Kier molecular flexibility index (Phi) is 3.62. The maximum absolute atomic E-state index is 6.00. The van der Waals surface area contributed by atoms with Crippen molar-refractivity contribution in [2.45, 2.75) is 52.0 Å². The molecule has 1 heterocycles. The first-order valence-corrected chi connectivity index (χ1v) is 6.26. The van der Waals surface area contributed by atoms with E-state index in [1.165, 1.54) is 25.7 Å². The molecule has 0 spiro atoms. The van der Waals surface area contributed by atoms with Crippen molar-refractivity contribution in [1.29, 1.82) is 0 Å². The second kappa shape index (κ2) is 4.97. The topological polar surface area (TPSA) is 30.7 Å². The van der Waals surface area contributed by atoms with Crippen molar-refractivity contribution in [2.75, 3.05) is 0 Å². The zero-order chi connectivity index (χ0) is 10.7. The molecule has 0 amide bonds. The minimum Gasteiger partial charge on any atom is -0.302 e. The summed E-state index contributed by atoms with van der Waals surface area (Å²) >= 11 is 6.00. The van der Waals surface area contributed by atoms with E-state index < -0.39 is 0 Å². The third-order valence-electron chi connectivity index (χ3n) is 2.95. The molecule has 1 aliphatic carbocycles. The van der Waals surface area contributed by atoms with E-state index >= 15 is 0 Å². The predicted molar refractivity (Wildman–Crippen MR) is 61.0 cm³/mol. The second-order valence-electron chi connectivity index (χ2n) is 4.37.